The van der Waals surface area contributed by atoms with Gasteiger partial charge in [0.2, 0.25) is 0 Å². The van der Waals surface area contributed by atoms with E-state index in [0.29, 0.717) is 16.2 Å². The molecular formula is C13H14Br2F3NO. The molecule has 0 bridgehead atoms. The highest BCUT2D eigenvalue weighted by Gasteiger charge is 2.32. The minimum atomic E-state index is -4.47. The third-order valence-electron chi connectivity index (χ3n) is 2.71. The molecule has 0 aliphatic heterocycles. The number of hydrogen-bond donors (Lipinski definition) is 1. The molecule has 1 aromatic rings. The zero-order valence-electron chi connectivity index (χ0n) is 10.9. The van der Waals surface area contributed by atoms with Crippen molar-refractivity contribution >= 4 is 37.8 Å². The lowest BCUT2D eigenvalue weighted by Crippen LogP contribution is -2.43. The number of rotatable bonds is 4. The van der Waals surface area contributed by atoms with Crippen molar-refractivity contribution in [2.24, 2.45) is 0 Å². The fourth-order valence-electron chi connectivity index (χ4n) is 1.55. The Morgan fingerprint density at radius 2 is 1.90 bits per heavy atom. The molecule has 0 aliphatic carbocycles. The van der Waals surface area contributed by atoms with Gasteiger partial charge in [-0.15, -0.1) is 0 Å². The molecule has 1 rings (SSSR count). The molecule has 2 nitrogen and oxygen atoms in total. The summed E-state index contributed by atoms with van der Waals surface area (Å²) in [6.07, 6.45) is -3.81. The highest BCUT2D eigenvalue weighted by atomic mass is 79.9. The Hall–Kier alpha value is -0.560. The second-order valence-corrected chi connectivity index (χ2v) is 6.62. The van der Waals surface area contributed by atoms with Crippen molar-refractivity contribution in [1.82, 2.24) is 5.32 Å². The summed E-state index contributed by atoms with van der Waals surface area (Å²) in [6, 6.07) is 3.02. The van der Waals surface area contributed by atoms with Crippen molar-refractivity contribution in [1.29, 1.82) is 0 Å². The van der Waals surface area contributed by atoms with Crippen LogP contribution in [0.15, 0.2) is 22.7 Å². The Morgan fingerprint density at radius 3 is 2.40 bits per heavy atom. The van der Waals surface area contributed by atoms with Gasteiger partial charge in [0.25, 0.3) is 5.91 Å². The molecule has 0 radical (unpaired) electrons. The molecule has 112 valence electrons. The Balaban J connectivity index is 3.04. The van der Waals surface area contributed by atoms with E-state index in [2.05, 4.69) is 37.2 Å². The Morgan fingerprint density at radius 1 is 1.30 bits per heavy atom. The molecule has 0 heterocycles. The zero-order chi connectivity index (χ0) is 15.6. The summed E-state index contributed by atoms with van der Waals surface area (Å²) >= 11 is 6.38. The van der Waals surface area contributed by atoms with Crippen LogP contribution >= 0.6 is 31.9 Å². The lowest BCUT2D eigenvalue weighted by Gasteiger charge is -2.25. The van der Waals surface area contributed by atoms with E-state index in [1.165, 1.54) is 6.07 Å². The van der Waals surface area contributed by atoms with E-state index < -0.39 is 23.2 Å². The number of nitrogens with one attached hydrogen (secondary N) is 1. The van der Waals surface area contributed by atoms with E-state index in [1.54, 1.807) is 0 Å². The number of halogens is 5. The fourth-order valence-corrected chi connectivity index (χ4v) is 2.97. The molecule has 0 saturated heterocycles. The highest BCUT2D eigenvalue weighted by Crippen LogP contribution is 2.32. The van der Waals surface area contributed by atoms with E-state index >= 15 is 0 Å². The monoisotopic (exact) mass is 415 g/mol. The number of benzene rings is 1. The first-order chi connectivity index (χ1) is 9.07. The molecule has 0 aliphatic rings. The Bertz CT molecular complexity index is 501. The van der Waals surface area contributed by atoms with Gasteiger partial charge < -0.3 is 5.32 Å². The summed E-state index contributed by atoms with van der Waals surface area (Å²) in [5.41, 5.74) is -1.37. The van der Waals surface area contributed by atoms with Crippen molar-refractivity contribution in [2.75, 3.05) is 5.33 Å². The van der Waals surface area contributed by atoms with Gasteiger partial charge in [-0.3, -0.25) is 4.79 Å². The maximum absolute atomic E-state index is 12.7. The van der Waals surface area contributed by atoms with Crippen LogP contribution in [0.5, 0.6) is 0 Å². The number of carbonyl (C=O) groups is 1. The van der Waals surface area contributed by atoms with Gasteiger partial charge in [0, 0.05) is 15.3 Å². The number of hydrogen-bond acceptors (Lipinski definition) is 1. The number of alkyl halides is 4. The van der Waals surface area contributed by atoms with Crippen molar-refractivity contribution in [3.8, 4) is 0 Å². The number of carbonyl (C=O) groups excluding carboxylic acids is 1. The van der Waals surface area contributed by atoms with E-state index in [-0.39, 0.29) is 5.56 Å². The standard InChI is InChI=1S/C13H14Br2F3NO/c1-12(2,5-6-14)19-11(20)9-7-8(13(16,17)18)3-4-10(9)15/h3-4,7H,5-6H2,1-2H3,(H,19,20). The average molecular weight is 417 g/mol. The van der Waals surface area contributed by atoms with Gasteiger partial charge in [0.05, 0.1) is 11.1 Å². The van der Waals surface area contributed by atoms with Crippen LogP contribution < -0.4 is 5.32 Å². The van der Waals surface area contributed by atoms with Gasteiger partial charge in [0.1, 0.15) is 0 Å². The van der Waals surface area contributed by atoms with Gasteiger partial charge in [-0.05, 0) is 54.4 Å². The molecule has 1 aromatic carbocycles. The lowest BCUT2D eigenvalue weighted by atomic mass is 10.0. The van der Waals surface area contributed by atoms with Crippen LogP contribution in [-0.4, -0.2) is 16.8 Å². The van der Waals surface area contributed by atoms with Gasteiger partial charge >= 0.3 is 6.18 Å². The Kier molecular flexibility index (Phi) is 5.66. The van der Waals surface area contributed by atoms with Crippen LogP contribution in [0, 0.1) is 0 Å². The van der Waals surface area contributed by atoms with Gasteiger partial charge in [0.15, 0.2) is 0 Å². The molecule has 0 saturated carbocycles. The molecule has 20 heavy (non-hydrogen) atoms. The predicted molar refractivity (Wildman–Crippen MR) is 79.1 cm³/mol. The average Bonchev–Trinajstić information content (AvgIpc) is 2.26. The smallest absolute Gasteiger partial charge is 0.347 e. The molecule has 0 aromatic heterocycles. The van der Waals surface area contributed by atoms with E-state index in [0.717, 1.165) is 12.1 Å². The molecule has 0 spiro atoms. The summed E-state index contributed by atoms with van der Waals surface area (Å²) in [6.45, 7) is 3.63. The van der Waals surface area contributed by atoms with Crippen molar-refractivity contribution in [2.45, 2.75) is 32.0 Å². The van der Waals surface area contributed by atoms with Gasteiger partial charge in [-0.2, -0.15) is 13.2 Å². The largest absolute Gasteiger partial charge is 0.416 e. The van der Waals surface area contributed by atoms with E-state index in [4.69, 9.17) is 0 Å². The summed E-state index contributed by atoms with van der Waals surface area (Å²) in [4.78, 5) is 12.1. The summed E-state index contributed by atoms with van der Waals surface area (Å²) < 4.78 is 38.3. The number of amides is 1. The van der Waals surface area contributed by atoms with Crippen LogP contribution in [0.4, 0.5) is 13.2 Å². The minimum absolute atomic E-state index is 0.0255. The van der Waals surface area contributed by atoms with Gasteiger partial charge in [-0.1, -0.05) is 15.9 Å². The molecule has 0 atom stereocenters. The SMILES string of the molecule is CC(C)(CCBr)NC(=O)c1cc(C(F)(F)F)ccc1Br. The van der Waals surface area contributed by atoms with Crippen LogP contribution in [0.3, 0.4) is 0 Å². The summed E-state index contributed by atoms with van der Waals surface area (Å²) in [5, 5.41) is 3.41. The van der Waals surface area contributed by atoms with Crippen molar-refractivity contribution < 1.29 is 18.0 Å². The lowest BCUT2D eigenvalue weighted by molar-refractivity contribution is -0.137. The molecular weight excluding hydrogens is 403 g/mol. The topological polar surface area (TPSA) is 29.1 Å². The quantitative estimate of drug-likeness (QED) is 0.704. The van der Waals surface area contributed by atoms with E-state index in [9.17, 15) is 18.0 Å². The van der Waals surface area contributed by atoms with Crippen LogP contribution in [-0.2, 0) is 6.18 Å². The van der Waals surface area contributed by atoms with Crippen LogP contribution in [0.2, 0.25) is 0 Å². The molecule has 1 amide bonds. The maximum atomic E-state index is 12.7. The first-order valence-electron chi connectivity index (χ1n) is 5.82. The second-order valence-electron chi connectivity index (χ2n) is 4.97. The van der Waals surface area contributed by atoms with E-state index in [1.807, 2.05) is 13.8 Å². The van der Waals surface area contributed by atoms with Crippen LogP contribution in [0.1, 0.15) is 36.2 Å². The van der Waals surface area contributed by atoms with Crippen molar-refractivity contribution in [3.63, 3.8) is 0 Å². The normalized spacial score (nSPS) is 12.3. The third-order valence-corrected chi connectivity index (χ3v) is 3.80. The molecule has 0 unspecified atom stereocenters. The minimum Gasteiger partial charge on any atom is -0.347 e. The molecule has 1 N–H and O–H groups in total. The van der Waals surface area contributed by atoms with Gasteiger partial charge in [-0.25, -0.2) is 0 Å². The predicted octanol–water partition coefficient (Wildman–Crippen LogP) is 4.76. The van der Waals surface area contributed by atoms with Crippen LogP contribution in [0.25, 0.3) is 0 Å². The second kappa shape index (κ2) is 6.47. The maximum Gasteiger partial charge on any atom is 0.416 e. The Labute approximate surface area is 132 Å². The third kappa shape index (κ3) is 4.77. The first-order valence-corrected chi connectivity index (χ1v) is 7.73. The molecule has 0 fully saturated rings. The fraction of sp³-hybridized carbons (Fsp3) is 0.462. The van der Waals surface area contributed by atoms with Crippen molar-refractivity contribution in [3.05, 3.63) is 33.8 Å². The summed E-state index contributed by atoms with van der Waals surface area (Å²) in [5.74, 6) is -0.533. The highest BCUT2D eigenvalue weighted by molar-refractivity contribution is 9.10. The summed E-state index contributed by atoms with van der Waals surface area (Å²) in [7, 11) is 0. The molecule has 7 heteroatoms. The zero-order valence-corrected chi connectivity index (χ0v) is 14.1. The first kappa shape index (κ1) is 17.5.